The van der Waals surface area contributed by atoms with Gasteiger partial charge in [-0.3, -0.25) is 4.79 Å². The standard InChI is InChI=1S/C5H8I2O4S/c1-5(2-9-6,3-10-7)4(8)11-12/h12H,2-3H2,1H3. The SMILES string of the molecule is CC(COI)(COI)C(=O)OS. The monoisotopic (exact) mass is 418 g/mol. The fraction of sp³-hybridized carbons (Fsp3) is 0.800. The summed E-state index contributed by atoms with van der Waals surface area (Å²) in [6.07, 6.45) is 0. The fourth-order valence-electron chi connectivity index (χ4n) is 0.511. The lowest BCUT2D eigenvalue weighted by Gasteiger charge is -2.22. The maximum absolute atomic E-state index is 11.1. The van der Waals surface area contributed by atoms with E-state index >= 15 is 0 Å². The van der Waals surface area contributed by atoms with E-state index in [9.17, 15) is 4.79 Å². The third-order valence-electron chi connectivity index (χ3n) is 1.32. The van der Waals surface area contributed by atoms with Gasteiger partial charge < -0.3 is 10.3 Å². The van der Waals surface area contributed by atoms with Crippen LogP contribution in [0.4, 0.5) is 0 Å². The molecule has 0 amide bonds. The molecule has 0 atom stereocenters. The van der Waals surface area contributed by atoms with E-state index in [1.165, 1.54) is 0 Å². The zero-order valence-corrected chi connectivity index (χ0v) is 11.5. The third kappa shape index (κ3) is 3.94. The Morgan fingerprint density at radius 3 is 2.08 bits per heavy atom. The Balaban J connectivity index is 4.26. The Morgan fingerprint density at radius 2 is 1.83 bits per heavy atom. The Morgan fingerprint density at radius 1 is 1.42 bits per heavy atom. The molecular weight excluding hydrogens is 410 g/mol. The summed E-state index contributed by atoms with van der Waals surface area (Å²) in [5.74, 6) is -0.459. The largest absolute Gasteiger partial charge is 0.394 e. The van der Waals surface area contributed by atoms with Crippen LogP contribution in [0.2, 0.25) is 0 Å². The normalized spacial score (nSPS) is 11.3. The van der Waals surface area contributed by atoms with Crippen LogP contribution >= 0.6 is 58.9 Å². The summed E-state index contributed by atoms with van der Waals surface area (Å²) in [5, 5.41) is 0. The molecule has 0 spiro atoms. The number of hydrogen-bond acceptors (Lipinski definition) is 5. The van der Waals surface area contributed by atoms with Crippen LogP contribution in [-0.4, -0.2) is 19.2 Å². The molecule has 0 bridgehead atoms. The molecule has 0 N–H and O–H groups in total. The molecule has 4 nitrogen and oxygen atoms in total. The second-order valence-electron chi connectivity index (χ2n) is 2.45. The molecular formula is C5H8I2O4S. The Bertz CT molecular complexity index is 148. The van der Waals surface area contributed by atoms with E-state index < -0.39 is 11.4 Å². The maximum Gasteiger partial charge on any atom is 0.328 e. The lowest BCUT2D eigenvalue weighted by molar-refractivity contribution is -0.145. The lowest BCUT2D eigenvalue weighted by Crippen LogP contribution is -2.36. The van der Waals surface area contributed by atoms with Crippen molar-refractivity contribution in [2.45, 2.75) is 6.92 Å². The van der Waals surface area contributed by atoms with Gasteiger partial charge in [0.25, 0.3) is 0 Å². The van der Waals surface area contributed by atoms with Crippen LogP contribution in [0.5, 0.6) is 0 Å². The van der Waals surface area contributed by atoms with Crippen molar-refractivity contribution in [1.82, 2.24) is 0 Å². The molecule has 0 radical (unpaired) electrons. The van der Waals surface area contributed by atoms with Crippen molar-refractivity contribution in [3.8, 4) is 0 Å². The Labute approximate surface area is 105 Å². The third-order valence-corrected chi connectivity index (χ3v) is 2.11. The van der Waals surface area contributed by atoms with E-state index in [4.69, 9.17) is 6.13 Å². The summed E-state index contributed by atoms with van der Waals surface area (Å²) >= 11 is 6.85. The van der Waals surface area contributed by atoms with Gasteiger partial charge >= 0.3 is 5.97 Å². The molecule has 0 aromatic carbocycles. The van der Waals surface area contributed by atoms with E-state index in [1.807, 2.05) is 0 Å². The predicted molar refractivity (Wildman–Crippen MR) is 63.1 cm³/mol. The molecule has 0 heterocycles. The minimum absolute atomic E-state index is 0.232. The van der Waals surface area contributed by atoms with E-state index in [-0.39, 0.29) is 13.2 Å². The van der Waals surface area contributed by atoms with Crippen LogP contribution in [0.1, 0.15) is 6.92 Å². The van der Waals surface area contributed by atoms with Gasteiger partial charge in [-0.05, 0) is 6.92 Å². The zero-order valence-electron chi connectivity index (χ0n) is 6.25. The average Bonchev–Trinajstić information content (AvgIpc) is 2.04. The van der Waals surface area contributed by atoms with E-state index in [0.717, 1.165) is 0 Å². The molecule has 7 heteroatoms. The summed E-state index contributed by atoms with van der Waals surface area (Å²) < 4.78 is 14.0. The molecule has 0 aliphatic carbocycles. The highest BCUT2D eigenvalue weighted by Gasteiger charge is 2.35. The van der Waals surface area contributed by atoms with Crippen LogP contribution in [0.3, 0.4) is 0 Å². The highest BCUT2D eigenvalue weighted by molar-refractivity contribution is 14.1. The van der Waals surface area contributed by atoms with Crippen molar-refractivity contribution in [1.29, 1.82) is 0 Å². The molecule has 72 valence electrons. The topological polar surface area (TPSA) is 44.8 Å². The first-order valence-corrected chi connectivity index (χ1v) is 5.06. The summed E-state index contributed by atoms with van der Waals surface area (Å²) in [5.41, 5.74) is -0.788. The molecule has 12 heavy (non-hydrogen) atoms. The van der Waals surface area contributed by atoms with Gasteiger partial charge in [0.2, 0.25) is 0 Å². The van der Waals surface area contributed by atoms with Crippen LogP contribution in [-0.2, 0) is 15.1 Å². The minimum Gasteiger partial charge on any atom is -0.394 e. The summed E-state index contributed by atoms with van der Waals surface area (Å²) in [6, 6.07) is 0. The zero-order chi connectivity index (χ0) is 9.61. The van der Waals surface area contributed by atoms with Crippen molar-refractivity contribution < 1.29 is 15.1 Å². The highest BCUT2D eigenvalue weighted by Crippen LogP contribution is 2.22. The predicted octanol–water partition coefficient (Wildman–Crippen LogP) is 2.11. The number of carbonyl (C=O) groups is 1. The first kappa shape index (κ1) is 13.2. The lowest BCUT2D eigenvalue weighted by atomic mass is 9.94. The van der Waals surface area contributed by atoms with Crippen molar-refractivity contribution >= 4 is 64.9 Å². The number of carbonyl (C=O) groups excluding carboxylic acids is 1. The van der Waals surface area contributed by atoms with Crippen molar-refractivity contribution in [2.75, 3.05) is 13.2 Å². The smallest absolute Gasteiger partial charge is 0.328 e. The number of rotatable bonds is 5. The van der Waals surface area contributed by atoms with Gasteiger partial charge in [0.05, 0.1) is 13.2 Å². The quantitative estimate of drug-likeness (QED) is 0.423. The fourth-order valence-corrected chi connectivity index (χ4v) is 2.11. The highest BCUT2D eigenvalue weighted by atomic mass is 127. The van der Waals surface area contributed by atoms with Crippen molar-refractivity contribution in [3.63, 3.8) is 0 Å². The second-order valence-corrected chi connectivity index (χ2v) is 3.87. The van der Waals surface area contributed by atoms with Crippen LogP contribution < -0.4 is 0 Å². The number of halogens is 2. The molecule has 0 rings (SSSR count). The maximum atomic E-state index is 11.1. The molecule has 0 aliphatic heterocycles. The number of thiol groups is 1. The number of hydrogen-bond donors (Lipinski definition) is 1. The second kappa shape index (κ2) is 6.62. The van der Waals surface area contributed by atoms with Crippen molar-refractivity contribution in [2.24, 2.45) is 5.41 Å². The van der Waals surface area contributed by atoms with Gasteiger partial charge in [-0.1, -0.05) is 0 Å². The molecule has 0 aromatic heterocycles. The van der Waals surface area contributed by atoms with E-state index in [2.05, 4.69) is 17.1 Å². The van der Waals surface area contributed by atoms with Gasteiger partial charge in [0.1, 0.15) is 51.4 Å². The molecule has 0 saturated carbocycles. The molecule has 0 saturated heterocycles. The van der Waals surface area contributed by atoms with Crippen LogP contribution in [0.15, 0.2) is 0 Å². The minimum atomic E-state index is -0.788. The average molecular weight is 418 g/mol. The van der Waals surface area contributed by atoms with Gasteiger partial charge in [0.15, 0.2) is 0 Å². The van der Waals surface area contributed by atoms with Gasteiger partial charge in [-0.25, -0.2) is 0 Å². The van der Waals surface area contributed by atoms with Gasteiger partial charge in [-0.15, -0.1) is 0 Å². The van der Waals surface area contributed by atoms with Crippen LogP contribution in [0.25, 0.3) is 0 Å². The summed E-state index contributed by atoms with van der Waals surface area (Å²) in [6.45, 7) is 2.15. The van der Waals surface area contributed by atoms with Crippen LogP contribution in [0, 0.1) is 5.41 Å². The Kier molecular flexibility index (Phi) is 7.29. The molecule has 0 aromatic rings. The van der Waals surface area contributed by atoms with E-state index in [0.29, 0.717) is 0 Å². The summed E-state index contributed by atoms with van der Waals surface area (Å²) in [7, 11) is 0. The Hall–Kier alpha value is 1.20. The summed E-state index contributed by atoms with van der Waals surface area (Å²) in [4.78, 5) is 11.1. The van der Waals surface area contributed by atoms with Gasteiger partial charge in [0, 0.05) is 12.9 Å². The first-order chi connectivity index (χ1) is 5.60. The molecule has 0 unspecified atom stereocenters. The molecule has 0 fully saturated rings. The van der Waals surface area contributed by atoms with E-state index in [1.54, 1.807) is 52.9 Å². The van der Waals surface area contributed by atoms with Crippen molar-refractivity contribution in [3.05, 3.63) is 0 Å². The first-order valence-electron chi connectivity index (χ1n) is 2.93. The van der Waals surface area contributed by atoms with Gasteiger partial charge in [-0.2, -0.15) is 0 Å². The molecule has 0 aliphatic rings.